The topological polar surface area (TPSA) is 29.9 Å². The van der Waals surface area contributed by atoms with Crippen LogP contribution in [0.2, 0.25) is 10.0 Å². The second kappa shape index (κ2) is 6.20. The number of benzene rings is 2. The Labute approximate surface area is 133 Å². The summed E-state index contributed by atoms with van der Waals surface area (Å²) in [4.78, 5) is 0. The molecule has 0 saturated carbocycles. The summed E-state index contributed by atoms with van der Waals surface area (Å²) in [6, 6.07) is 15.5. The summed E-state index contributed by atoms with van der Waals surface area (Å²) in [5.41, 5.74) is 2.91. The lowest BCUT2D eigenvalue weighted by molar-refractivity contribution is 0.880. The maximum Gasteiger partial charge on any atom is 0.0823 e. The van der Waals surface area contributed by atoms with Crippen LogP contribution in [0.25, 0.3) is 5.69 Å². The van der Waals surface area contributed by atoms with E-state index in [4.69, 9.17) is 23.2 Å². The van der Waals surface area contributed by atoms with Gasteiger partial charge in [-0.15, -0.1) is 0 Å². The van der Waals surface area contributed by atoms with Crippen molar-refractivity contribution in [3.8, 4) is 5.69 Å². The van der Waals surface area contributed by atoms with Crippen LogP contribution in [0.15, 0.2) is 60.9 Å². The van der Waals surface area contributed by atoms with Gasteiger partial charge in [0.15, 0.2) is 0 Å². The van der Waals surface area contributed by atoms with Gasteiger partial charge in [-0.3, -0.25) is 0 Å². The molecule has 0 amide bonds. The van der Waals surface area contributed by atoms with Crippen molar-refractivity contribution in [2.75, 3.05) is 5.32 Å². The molecule has 21 heavy (non-hydrogen) atoms. The van der Waals surface area contributed by atoms with E-state index in [-0.39, 0.29) is 0 Å². The van der Waals surface area contributed by atoms with Gasteiger partial charge in [0.25, 0.3) is 0 Å². The van der Waals surface area contributed by atoms with Crippen molar-refractivity contribution in [1.82, 2.24) is 9.78 Å². The second-order valence-corrected chi connectivity index (χ2v) is 5.37. The number of nitrogens with zero attached hydrogens (tertiary/aromatic N) is 2. The van der Waals surface area contributed by atoms with E-state index in [0.29, 0.717) is 16.6 Å². The number of halogens is 2. The van der Waals surface area contributed by atoms with Crippen LogP contribution < -0.4 is 5.32 Å². The maximum atomic E-state index is 6.15. The number of anilines is 1. The molecule has 0 fully saturated rings. The Morgan fingerprint density at radius 1 is 1.00 bits per heavy atom. The normalized spacial score (nSPS) is 10.6. The minimum Gasteiger partial charge on any atom is -0.380 e. The van der Waals surface area contributed by atoms with Gasteiger partial charge >= 0.3 is 0 Å². The largest absolute Gasteiger partial charge is 0.380 e. The van der Waals surface area contributed by atoms with Crippen LogP contribution in [0.4, 0.5) is 5.69 Å². The lowest BCUT2D eigenvalue weighted by atomic mass is 10.3. The summed E-state index contributed by atoms with van der Waals surface area (Å²) in [5.74, 6) is 0. The van der Waals surface area contributed by atoms with Gasteiger partial charge in [0.05, 0.1) is 27.6 Å². The molecule has 0 spiro atoms. The Morgan fingerprint density at radius 3 is 2.62 bits per heavy atom. The van der Waals surface area contributed by atoms with E-state index in [9.17, 15) is 0 Å². The molecule has 3 nitrogen and oxygen atoms in total. The first-order valence-electron chi connectivity index (χ1n) is 6.51. The SMILES string of the molecule is Clc1cccc(NCc2cnn(-c3ccccc3)c2)c1Cl. The van der Waals surface area contributed by atoms with Gasteiger partial charge < -0.3 is 5.32 Å². The Balaban J connectivity index is 1.72. The van der Waals surface area contributed by atoms with E-state index in [0.717, 1.165) is 16.9 Å². The molecule has 3 rings (SSSR count). The van der Waals surface area contributed by atoms with Gasteiger partial charge in [0.1, 0.15) is 0 Å². The van der Waals surface area contributed by atoms with Gasteiger partial charge in [-0.1, -0.05) is 47.5 Å². The van der Waals surface area contributed by atoms with E-state index >= 15 is 0 Å². The molecule has 0 aliphatic rings. The predicted octanol–water partition coefficient (Wildman–Crippen LogP) is 4.79. The lowest BCUT2D eigenvalue weighted by Gasteiger charge is -2.07. The Morgan fingerprint density at radius 2 is 1.81 bits per heavy atom. The summed E-state index contributed by atoms with van der Waals surface area (Å²) in [7, 11) is 0. The number of aromatic nitrogens is 2. The number of nitrogens with one attached hydrogen (secondary N) is 1. The molecule has 2 aromatic carbocycles. The van der Waals surface area contributed by atoms with Crippen molar-refractivity contribution in [2.24, 2.45) is 0 Å². The molecular formula is C16H13Cl2N3. The summed E-state index contributed by atoms with van der Waals surface area (Å²) < 4.78 is 1.84. The highest BCUT2D eigenvalue weighted by Gasteiger charge is 2.05. The van der Waals surface area contributed by atoms with Crippen LogP contribution >= 0.6 is 23.2 Å². The smallest absolute Gasteiger partial charge is 0.0823 e. The molecule has 1 heterocycles. The van der Waals surface area contributed by atoms with Crippen molar-refractivity contribution >= 4 is 28.9 Å². The standard InChI is InChI=1S/C16H13Cl2N3/c17-14-7-4-8-15(16(14)18)19-9-12-10-20-21(11-12)13-5-2-1-3-6-13/h1-8,10-11,19H,9H2. The second-order valence-electron chi connectivity index (χ2n) is 4.58. The third kappa shape index (κ3) is 3.20. The van der Waals surface area contributed by atoms with Crippen molar-refractivity contribution in [2.45, 2.75) is 6.54 Å². The number of para-hydroxylation sites is 1. The van der Waals surface area contributed by atoms with Crippen LogP contribution in [0, 0.1) is 0 Å². The van der Waals surface area contributed by atoms with Crippen LogP contribution in [-0.2, 0) is 6.54 Å². The minimum atomic E-state index is 0.537. The minimum absolute atomic E-state index is 0.537. The summed E-state index contributed by atoms with van der Waals surface area (Å²) in [5, 5.41) is 8.70. The maximum absolute atomic E-state index is 6.15. The van der Waals surface area contributed by atoms with E-state index in [2.05, 4.69) is 10.4 Å². The first-order valence-corrected chi connectivity index (χ1v) is 7.26. The van der Waals surface area contributed by atoms with E-state index < -0.39 is 0 Å². The predicted molar refractivity (Wildman–Crippen MR) is 87.4 cm³/mol. The molecule has 5 heteroatoms. The zero-order chi connectivity index (χ0) is 14.7. The van der Waals surface area contributed by atoms with Gasteiger partial charge in [-0.25, -0.2) is 4.68 Å². The lowest BCUT2D eigenvalue weighted by Crippen LogP contribution is -1.99. The fourth-order valence-electron chi connectivity index (χ4n) is 2.01. The molecule has 0 aliphatic heterocycles. The molecule has 106 valence electrons. The molecule has 0 saturated heterocycles. The summed E-state index contributed by atoms with van der Waals surface area (Å²) in [6.07, 6.45) is 3.82. The zero-order valence-corrected chi connectivity index (χ0v) is 12.6. The third-order valence-electron chi connectivity index (χ3n) is 3.09. The van der Waals surface area contributed by atoms with E-state index in [1.807, 2.05) is 59.5 Å². The average molecular weight is 318 g/mol. The average Bonchev–Trinajstić information content (AvgIpc) is 2.99. The number of hydrogen-bond acceptors (Lipinski definition) is 2. The molecule has 1 aromatic heterocycles. The molecule has 0 bridgehead atoms. The molecule has 1 N–H and O–H groups in total. The van der Waals surface area contributed by atoms with E-state index in [1.54, 1.807) is 6.07 Å². The molecule has 0 aliphatic carbocycles. The highest BCUT2D eigenvalue weighted by atomic mass is 35.5. The third-order valence-corrected chi connectivity index (χ3v) is 3.91. The monoisotopic (exact) mass is 317 g/mol. The van der Waals surface area contributed by atoms with Crippen molar-refractivity contribution in [3.63, 3.8) is 0 Å². The molecule has 3 aromatic rings. The van der Waals surface area contributed by atoms with Crippen molar-refractivity contribution in [1.29, 1.82) is 0 Å². The fraction of sp³-hybridized carbons (Fsp3) is 0.0625. The number of hydrogen-bond donors (Lipinski definition) is 1. The van der Waals surface area contributed by atoms with Crippen molar-refractivity contribution in [3.05, 3.63) is 76.5 Å². The van der Waals surface area contributed by atoms with Gasteiger partial charge in [0, 0.05) is 18.3 Å². The summed E-state index contributed by atoms with van der Waals surface area (Å²) in [6.45, 7) is 0.632. The van der Waals surface area contributed by atoms with Gasteiger partial charge in [-0.2, -0.15) is 5.10 Å². The quantitative estimate of drug-likeness (QED) is 0.749. The van der Waals surface area contributed by atoms with Crippen LogP contribution in [0.1, 0.15) is 5.56 Å². The van der Waals surface area contributed by atoms with Crippen LogP contribution in [0.3, 0.4) is 0 Å². The zero-order valence-electron chi connectivity index (χ0n) is 11.1. The van der Waals surface area contributed by atoms with Gasteiger partial charge in [-0.05, 0) is 24.3 Å². The molecule has 0 radical (unpaired) electrons. The molecule has 0 unspecified atom stereocenters. The Kier molecular flexibility index (Phi) is 4.13. The Bertz CT molecular complexity index is 738. The summed E-state index contributed by atoms with van der Waals surface area (Å²) >= 11 is 12.1. The Hall–Kier alpha value is -1.97. The first-order chi connectivity index (χ1) is 10.2. The fourth-order valence-corrected chi connectivity index (χ4v) is 2.38. The van der Waals surface area contributed by atoms with Crippen LogP contribution in [-0.4, -0.2) is 9.78 Å². The highest BCUT2D eigenvalue weighted by Crippen LogP contribution is 2.29. The van der Waals surface area contributed by atoms with Crippen LogP contribution in [0.5, 0.6) is 0 Å². The highest BCUT2D eigenvalue weighted by molar-refractivity contribution is 6.43. The first kappa shape index (κ1) is 14.0. The van der Waals surface area contributed by atoms with E-state index in [1.165, 1.54) is 0 Å². The number of rotatable bonds is 4. The van der Waals surface area contributed by atoms with Gasteiger partial charge in [0.2, 0.25) is 0 Å². The van der Waals surface area contributed by atoms with Crippen molar-refractivity contribution < 1.29 is 0 Å². The molecular weight excluding hydrogens is 305 g/mol. The molecule has 0 atom stereocenters.